The smallest absolute Gasteiger partial charge is 0.130 e. The summed E-state index contributed by atoms with van der Waals surface area (Å²) in [5.41, 5.74) is 10.1. The van der Waals surface area contributed by atoms with E-state index in [4.69, 9.17) is 10.5 Å². The Morgan fingerprint density at radius 1 is 1.33 bits per heavy atom. The summed E-state index contributed by atoms with van der Waals surface area (Å²) >= 11 is 3.53. The van der Waals surface area contributed by atoms with Crippen molar-refractivity contribution in [3.05, 3.63) is 45.2 Å². The zero-order chi connectivity index (χ0) is 15.4. The Labute approximate surface area is 134 Å². The molecule has 5 heteroatoms. The number of benzene rings is 1. The van der Waals surface area contributed by atoms with Gasteiger partial charge in [-0.1, -0.05) is 22.9 Å². The van der Waals surface area contributed by atoms with Crippen molar-refractivity contribution in [3.63, 3.8) is 0 Å². The van der Waals surface area contributed by atoms with Crippen molar-refractivity contribution in [3.8, 4) is 5.75 Å². The predicted octanol–water partition coefficient (Wildman–Crippen LogP) is 3.13. The number of halogens is 1. The van der Waals surface area contributed by atoms with Gasteiger partial charge < -0.3 is 10.5 Å². The minimum absolute atomic E-state index is 0.517. The average molecular weight is 352 g/mol. The molecule has 0 aliphatic carbocycles. The fraction of sp³-hybridized carbons (Fsp3) is 0.438. The number of hydrogen-bond donors (Lipinski definition) is 1. The molecule has 0 amide bonds. The Morgan fingerprint density at radius 3 is 2.71 bits per heavy atom. The van der Waals surface area contributed by atoms with Crippen LogP contribution in [0.25, 0.3) is 0 Å². The summed E-state index contributed by atoms with van der Waals surface area (Å²) in [7, 11) is 1.95. The highest BCUT2D eigenvalue weighted by molar-refractivity contribution is 9.10. The highest BCUT2D eigenvalue weighted by atomic mass is 79.9. The third-order valence-corrected chi connectivity index (χ3v) is 3.94. The largest absolute Gasteiger partial charge is 0.487 e. The van der Waals surface area contributed by atoms with Gasteiger partial charge in [0.15, 0.2) is 0 Å². The molecular weight excluding hydrogens is 330 g/mol. The zero-order valence-electron chi connectivity index (χ0n) is 12.8. The molecule has 0 unspecified atom stereocenters. The van der Waals surface area contributed by atoms with E-state index in [1.165, 1.54) is 0 Å². The van der Waals surface area contributed by atoms with E-state index >= 15 is 0 Å². The molecule has 0 atom stereocenters. The number of ether oxygens (including phenoxy) is 1. The van der Waals surface area contributed by atoms with Gasteiger partial charge in [0.1, 0.15) is 12.4 Å². The third-order valence-electron chi connectivity index (χ3n) is 3.48. The van der Waals surface area contributed by atoms with Crippen LogP contribution >= 0.6 is 15.9 Å². The Bertz CT molecular complexity index is 622. The maximum absolute atomic E-state index is 6.06. The molecule has 0 bridgehead atoms. The van der Waals surface area contributed by atoms with Crippen LogP contribution in [-0.2, 0) is 26.5 Å². The number of aryl methyl sites for hydroxylation is 3. The van der Waals surface area contributed by atoms with Gasteiger partial charge in [0.2, 0.25) is 0 Å². The first-order chi connectivity index (χ1) is 10.0. The molecular formula is C16H22BrN3O. The first-order valence-electron chi connectivity index (χ1n) is 7.18. The van der Waals surface area contributed by atoms with Crippen LogP contribution in [0.3, 0.4) is 0 Å². The van der Waals surface area contributed by atoms with E-state index in [-0.39, 0.29) is 0 Å². The monoisotopic (exact) mass is 351 g/mol. The van der Waals surface area contributed by atoms with E-state index < -0.39 is 0 Å². The molecule has 0 saturated heterocycles. The SMILES string of the molecule is CCc1cc(COc2c(C)cc(Br)cc2CCN)n(C)n1. The van der Waals surface area contributed by atoms with Crippen LogP contribution in [-0.4, -0.2) is 16.3 Å². The molecule has 2 aromatic rings. The second-order valence-electron chi connectivity index (χ2n) is 5.14. The summed E-state index contributed by atoms with van der Waals surface area (Å²) in [6.07, 6.45) is 1.74. The molecule has 0 aliphatic heterocycles. The summed E-state index contributed by atoms with van der Waals surface area (Å²) in [6, 6.07) is 6.24. The molecule has 0 saturated carbocycles. The molecule has 21 heavy (non-hydrogen) atoms. The summed E-state index contributed by atoms with van der Waals surface area (Å²) in [5.74, 6) is 0.933. The molecule has 4 nitrogen and oxygen atoms in total. The van der Waals surface area contributed by atoms with Gasteiger partial charge in [0, 0.05) is 11.5 Å². The van der Waals surface area contributed by atoms with Gasteiger partial charge >= 0.3 is 0 Å². The Balaban J connectivity index is 2.20. The number of nitrogens with two attached hydrogens (primary N) is 1. The van der Waals surface area contributed by atoms with Crippen LogP contribution in [0, 0.1) is 6.92 Å². The van der Waals surface area contributed by atoms with Crippen molar-refractivity contribution >= 4 is 15.9 Å². The highest BCUT2D eigenvalue weighted by Crippen LogP contribution is 2.29. The topological polar surface area (TPSA) is 53.1 Å². The lowest BCUT2D eigenvalue weighted by atomic mass is 10.1. The molecule has 1 aromatic carbocycles. The third kappa shape index (κ3) is 3.86. The molecule has 2 rings (SSSR count). The second kappa shape index (κ2) is 7.09. The molecule has 1 aromatic heterocycles. The number of nitrogens with zero attached hydrogens (tertiary/aromatic N) is 2. The lowest BCUT2D eigenvalue weighted by molar-refractivity contribution is 0.290. The van der Waals surface area contributed by atoms with Crippen molar-refractivity contribution in [1.82, 2.24) is 9.78 Å². The van der Waals surface area contributed by atoms with E-state index in [0.717, 1.165) is 45.6 Å². The molecule has 2 N–H and O–H groups in total. The normalized spacial score (nSPS) is 10.9. The summed E-state index contributed by atoms with van der Waals surface area (Å²) in [5, 5.41) is 4.45. The highest BCUT2D eigenvalue weighted by Gasteiger charge is 2.11. The average Bonchev–Trinajstić information content (AvgIpc) is 2.79. The maximum atomic E-state index is 6.06. The molecule has 0 fully saturated rings. The van der Waals surface area contributed by atoms with Gasteiger partial charge in [-0.2, -0.15) is 5.10 Å². The Kier molecular flexibility index (Phi) is 5.42. The number of aromatic nitrogens is 2. The lowest BCUT2D eigenvalue weighted by Gasteiger charge is -2.14. The fourth-order valence-corrected chi connectivity index (χ4v) is 2.99. The van der Waals surface area contributed by atoms with Crippen LogP contribution in [0.1, 0.15) is 29.4 Å². The number of hydrogen-bond acceptors (Lipinski definition) is 3. The van der Waals surface area contributed by atoms with E-state index in [9.17, 15) is 0 Å². The quantitative estimate of drug-likeness (QED) is 0.869. The first kappa shape index (κ1) is 16.0. The fourth-order valence-electron chi connectivity index (χ4n) is 2.37. The Morgan fingerprint density at radius 2 is 2.10 bits per heavy atom. The van der Waals surface area contributed by atoms with Crippen molar-refractivity contribution in [2.45, 2.75) is 33.3 Å². The van der Waals surface area contributed by atoms with Gasteiger partial charge in [0.25, 0.3) is 0 Å². The van der Waals surface area contributed by atoms with Crippen LogP contribution in [0.5, 0.6) is 5.75 Å². The van der Waals surface area contributed by atoms with E-state index in [2.05, 4.69) is 53.1 Å². The van der Waals surface area contributed by atoms with Crippen LogP contribution < -0.4 is 10.5 Å². The minimum atomic E-state index is 0.517. The van der Waals surface area contributed by atoms with Crippen LogP contribution in [0.2, 0.25) is 0 Å². The second-order valence-corrected chi connectivity index (χ2v) is 6.06. The van der Waals surface area contributed by atoms with E-state index in [1.54, 1.807) is 0 Å². The zero-order valence-corrected chi connectivity index (χ0v) is 14.4. The van der Waals surface area contributed by atoms with Crippen LogP contribution in [0.4, 0.5) is 0 Å². The summed E-state index contributed by atoms with van der Waals surface area (Å²) in [4.78, 5) is 0. The Hall–Kier alpha value is -1.33. The van der Waals surface area contributed by atoms with Gasteiger partial charge in [0.05, 0.1) is 11.4 Å². The molecule has 1 heterocycles. The van der Waals surface area contributed by atoms with Crippen molar-refractivity contribution in [1.29, 1.82) is 0 Å². The van der Waals surface area contributed by atoms with Crippen LogP contribution in [0.15, 0.2) is 22.7 Å². The molecule has 0 aliphatic rings. The number of rotatable bonds is 6. The first-order valence-corrected chi connectivity index (χ1v) is 7.98. The van der Waals surface area contributed by atoms with Crippen molar-refractivity contribution in [2.24, 2.45) is 12.8 Å². The van der Waals surface area contributed by atoms with Crippen molar-refractivity contribution in [2.75, 3.05) is 6.54 Å². The van der Waals surface area contributed by atoms with E-state index in [0.29, 0.717) is 13.2 Å². The maximum Gasteiger partial charge on any atom is 0.130 e. The summed E-state index contributed by atoms with van der Waals surface area (Å²) in [6.45, 7) is 5.29. The van der Waals surface area contributed by atoms with Gasteiger partial charge in [-0.25, -0.2) is 0 Å². The van der Waals surface area contributed by atoms with Gasteiger partial charge in [-0.05, 0) is 55.6 Å². The predicted molar refractivity (Wildman–Crippen MR) is 88.6 cm³/mol. The van der Waals surface area contributed by atoms with E-state index in [1.807, 2.05) is 11.7 Å². The van der Waals surface area contributed by atoms with Crippen molar-refractivity contribution < 1.29 is 4.74 Å². The molecule has 114 valence electrons. The summed E-state index contributed by atoms with van der Waals surface area (Å²) < 4.78 is 9.01. The minimum Gasteiger partial charge on any atom is -0.487 e. The van der Waals surface area contributed by atoms with Gasteiger partial charge in [-0.3, -0.25) is 4.68 Å². The lowest BCUT2D eigenvalue weighted by Crippen LogP contribution is -2.08. The van der Waals surface area contributed by atoms with Gasteiger partial charge in [-0.15, -0.1) is 0 Å². The molecule has 0 spiro atoms. The molecule has 0 radical (unpaired) electrons. The standard InChI is InChI=1S/C16H22BrN3O/c1-4-14-9-15(20(3)19-14)10-21-16-11(2)7-13(17)8-12(16)5-6-18/h7-9H,4-6,10,18H2,1-3H3.